The number of likely N-dealkylation sites (N-methyl/N-ethyl adjacent to an activating group) is 1. The summed E-state index contributed by atoms with van der Waals surface area (Å²) in [5, 5.41) is 0. The summed E-state index contributed by atoms with van der Waals surface area (Å²) < 4.78 is 0. The molecule has 2 bridgehead atoms. The average molecular weight is 493 g/mol. The van der Waals surface area contributed by atoms with Gasteiger partial charge in [0.1, 0.15) is 0 Å². The molecular weight excluding hydrogens is 448 g/mol. The summed E-state index contributed by atoms with van der Waals surface area (Å²) in [6.45, 7) is 9.04. The van der Waals surface area contributed by atoms with Crippen molar-refractivity contribution in [2.24, 2.45) is 17.8 Å². The number of hydrogen-bond donors (Lipinski definition) is 0. The fourth-order valence-electron chi connectivity index (χ4n) is 8.20. The Bertz CT molecular complexity index is 962. The van der Waals surface area contributed by atoms with E-state index in [2.05, 4.69) is 58.9 Å². The Morgan fingerprint density at radius 2 is 1.72 bits per heavy atom. The third kappa shape index (κ3) is 4.13. The summed E-state index contributed by atoms with van der Waals surface area (Å²) in [7, 11) is 1.98. The van der Waals surface area contributed by atoms with E-state index in [1.165, 1.54) is 24.8 Å². The maximum absolute atomic E-state index is 13.2. The number of piperidine rings is 1. The number of hydrogen-bond acceptors (Lipinski definition) is 3. The van der Waals surface area contributed by atoms with Gasteiger partial charge in [0.2, 0.25) is 5.91 Å². The monoisotopic (exact) mass is 492 g/mol. The minimum atomic E-state index is -0.000825. The molecule has 196 valence electrons. The molecule has 0 aromatic heterocycles. The molecule has 6 heteroatoms. The van der Waals surface area contributed by atoms with Crippen LogP contribution in [0.3, 0.4) is 0 Å². The van der Waals surface area contributed by atoms with Gasteiger partial charge in [0.25, 0.3) is 0 Å². The predicted octanol–water partition coefficient (Wildman–Crippen LogP) is 4.42. The standard InChI is InChI=1S/C30H44N4O2/c1-21(2)16-34-29(36)31(3)20-30(34)14-25-12-13-26(15-30)33(25)18-24-17-32(28(35)23-10-7-11-23)19-27(24)22-8-5-4-6-9-22/h4-6,8-9,21,23-27H,7,10-20H2,1-3H3/t24-,25?,26?,27-,30?/m1/s1. The third-order valence-electron chi connectivity index (χ3n) is 10.1. The molecule has 1 saturated carbocycles. The fraction of sp³-hybridized carbons (Fsp3) is 0.733. The Labute approximate surface area is 217 Å². The number of fused-ring (bicyclic) bond motifs is 2. The van der Waals surface area contributed by atoms with Gasteiger partial charge in [-0.1, -0.05) is 50.6 Å². The maximum Gasteiger partial charge on any atom is 0.320 e. The second-order valence-corrected chi connectivity index (χ2v) is 13.0. The molecular formula is C30H44N4O2. The second kappa shape index (κ2) is 9.34. The molecule has 0 radical (unpaired) electrons. The van der Waals surface area contributed by atoms with Crippen LogP contribution in [0.4, 0.5) is 4.79 Å². The van der Waals surface area contributed by atoms with Crippen molar-refractivity contribution < 1.29 is 9.59 Å². The van der Waals surface area contributed by atoms with Crippen molar-refractivity contribution in [3.8, 4) is 0 Å². The molecule has 5 aliphatic rings. The van der Waals surface area contributed by atoms with Crippen molar-refractivity contribution in [3.63, 3.8) is 0 Å². The summed E-state index contributed by atoms with van der Waals surface area (Å²) in [5.74, 6) is 2.06. The zero-order chi connectivity index (χ0) is 25.0. The maximum atomic E-state index is 13.2. The van der Waals surface area contributed by atoms with Crippen molar-refractivity contribution >= 4 is 11.9 Å². The lowest BCUT2D eigenvalue weighted by Crippen LogP contribution is -2.59. The molecule has 4 aliphatic heterocycles. The normalized spacial score (nSPS) is 34.9. The Kier molecular flexibility index (Phi) is 6.30. The summed E-state index contributed by atoms with van der Waals surface area (Å²) in [5.41, 5.74) is 1.39. The topological polar surface area (TPSA) is 47.1 Å². The molecule has 36 heavy (non-hydrogen) atoms. The first-order chi connectivity index (χ1) is 17.3. The number of rotatable bonds is 6. The SMILES string of the molecule is CC(C)CN1C(=O)N(C)CC12CC1CCC(C2)N1C[C@H]1CN(C(=O)C2CCC2)C[C@@H]1c1ccccc1. The Morgan fingerprint density at radius 3 is 2.33 bits per heavy atom. The fourth-order valence-corrected chi connectivity index (χ4v) is 8.20. The Morgan fingerprint density at radius 1 is 1.03 bits per heavy atom. The highest BCUT2D eigenvalue weighted by Crippen LogP contribution is 2.48. The second-order valence-electron chi connectivity index (χ2n) is 13.0. The highest BCUT2D eigenvalue weighted by atomic mass is 16.2. The number of likely N-dealkylation sites (tertiary alicyclic amines) is 1. The lowest BCUT2D eigenvalue weighted by Gasteiger charge is -2.49. The van der Waals surface area contributed by atoms with Crippen LogP contribution in [0, 0.1) is 17.8 Å². The number of nitrogens with zero attached hydrogens (tertiary/aromatic N) is 4. The summed E-state index contributed by atoms with van der Waals surface area (Å²) >= 11 is 0. The van der Waals surface area contributed by atoms with Gasteiger partial charge in [-0.15, -0.1) is 0 Å². The molecule has 4 saturated heterocycles. The third-order valence-corrected chi connectivity index (χ3v) is 10.1. The molecule has 6 rings (SSSR count). The first kappa shape index (κ1) is 24.3. The quantitative estimate of drug-likeness (QED) is 0.591. The van der Waals surface area contributed by atoms with E-state index >= 15 is 0 Å². The van der Waals surface area contributed by atoms with Gasteiger partial charge in [-0.25, -0.2) is 4.79 Å². The van der Waals surface area contributed by atoms with Crippen molar-refractivity contribution in [1.82, 2.24) is 19.6 Å². The van der Waals surface area contributed by atoms with Crippen LogP contribution < -0.4 is 0 Å². The van der Waals surface area contributed by atoms with E-state index in [9.17, 15) is 9.59 Å². The van der Waals surface area contributed by atoms with E-state index < -0.39 is 0 Å². The molecule has 4 heterocycles. The molecule has 2 unspecified atom stereocenters. The number of benzene rings is 1. The van der Waals surface area contributed by atoms with Gasteiger partial charge in [0.15, 0.2) is 0 Å². The van der Waals surface area contributed by atoms with Gasteiger partial charge in [0.05, 0.1) is 5.54 Å². The van der Waals surface area contributed by atoms with E-state index in [1.807, 2.05) is 11.9 Å². The number of amides is 3. The van der Waals surface area contributed by atoms with Gasteiger partial charge < -0.3 is 14.7 Å². The van der Waals surface area contributed by atoms with E-state index in [-0.39, 0.29) is 17.5 Å². The van der Waals surface area contributed by atoms with Crippen LogP contribution in [-0.2, 0) is 4.79 Å². The molecule has 6 nitrogen and oxygen atoms in total. The van der Waals surface area contributed by atoms with Crippen molar-refractivity contribution in [3.05, 3.63) is 35.9 Å². The largest absolute Gasteiger partial charge is 0.341 e. The molecule has 1 aromatic carbocycles. The van der Waals surface area contributed by atoms with Gasteiger partial charge in [-0.05, 0) is 55.9 Å². The van der Waals surface area contributed by atoms with Gasteiger partial charge in [0, 0.05) is 63.7 Å². The summed E-state index contributed by atoms with van der Waals surface area (Å²) in [6.07, 6.45) is 8.04. The zero-order valence-electron chi connectivity index (χ0n) is 22.4. The Hall–Kier alpha value is -2.08. The molecule has 0 N–H and O–H groups in total. The van der Waals surface area contributed by atoms with Crippen molar-refractivity contribution in [2.75, 3.05) is 39.8 Å². The van der Waals surface area contributed by atoms with E-state index in [4.69, 9.17) is 0 Å². The summed E-state index contributed by atoms with van der Waals surface area (Å²) in [6, 6.07) is 12.2. The lowest BCUT2D eigenvalue weighted by molar-refractivity contribution is -0.137. The van der Waals surface area contributed by atoms with Gasteiger partial charge in [-0.2, -0.15) is 0 Å². The first-order valence-electron chi connectivity index (χ1n) is 14.5. The van der Waals surface area contributed by atoms with E-state index in [0.717, 1.165) is 58.4 Å². The highest BCUT2D eigenvalue weighted by molar-refractivity contribution is 5.80. The lowest BCUT2D eigenvalue weighted by atomic mass is 9.80. The van der Waals surface area contributed by atoms with Crippen LogP contribution in [0.15, 0.2) is 30.3 Å². The Balaban J connectivity index is 1.20. The molecule has 1 aromatic rings. The summed E-state index contributed by atoms with van der Waals surface area (Å²) in [4.78, 5) is 35.5. The van der Waals surface area contributed by atoms with Crippen molar-refractivity contribution in [1.29, 1.82) is 0 Å². The number of carbonyl (C=O) groups excluding carboxylic acids is 2. The minimum Gasteiger partial charge on any atom is -0.341 e. The van der Waals surface area contributed by atoms with Gasteiger partial charge >= 0.3 is 6.03 Å². The molecule has 4 atom stereocenters. The molecule has 3 amide bonds. The molecule has 1 aliphatic carbocycles. The van der Waals surface area contributed by atoms with Crippen LogP contribution in [-0.4, -0.2) is 88.9 Å². The number of carbonyl (C=O) groups is 2. The predicted molar refractivity (Wildman–Crippen MR) is 142 cm³/mol. The average Bonchev–Trinajstić information content (AvgIpc) is 3.41. The van der Waals surface area contributed by atoms with Crippen LogP contribution in [0.1, 0.15) is 70.3 Å². The van der Waals surface area contributed by atoms with Crippen LogP contribution in [0.5, 0.6) is 0 Å². The van der Waals surface area contributed by atoms with Gasteiger partial charge in [-0.3, -0.25) is 9.69 Å². The zero-order valence-corrected chi connectivity index (χ0v) is 22.4. The molecule has 1 spiro atoms. The number of urea groups is 1. The van der Waals surface area contributed by atoms with Crippen LogP contribution in [0.2, 0.25) is 0 Å². The van der Waals surface area contributed by atoms with Crippen LogP contribution >= 0.6 is 0 Å². The smallest absolute Gasteiger partial charge is 0.320 e. The first-order valence-corrected chi connectivity index (χ1v) is 14.5. The van der Waals surface area contributed by atoms with Crippen LogP contribution in [0.25, 0.3) is 0 Å². The highest BCUT2D eigenvalue weighted by Gasteiger charge is 2.57. The van der Waals surface area contributed by atoms with Crippen molar-refractivity contribution in [2.45, 2.75) is 82.3 Å². The molecule has 5 fully saturated rings. The van der Waals surface area contributed by atoms with E-state index in [1.54, 1.807) is 0 Å². The minimum absolute atomic E-state index is 0.000825. The van der Waals surface area contributed by atoms with E-state index in [0.29, 0.717) is 35.7 Å².